The Morgan fingerprint density at radius 3 is 2.90 bits per heavy atom. The molecule has 2 aromatic rings. The van der Waals surface area contributed by atoms with Crippen LogP contribution in [0.15, 0.2) is 22.9 Å². The first-order chi connectivity index (χ1) is 10.4. The highest BCUT2D eigenvalue weighted by Crippen LogP contribution is 2.19. The molecule has 3 rings (SSSR count). The van der Waals surface area contributed by atoms with E-state index in [1.807, 2.05) is 12.1 Å². The van der Waals surface area contributed by atoms with Crippen LogP contribution in [0.25, 0.3) is 11.5 Å². The maximum atomic E-state index is 5.25. The van der Waals surface area contributed by atoms with E-state index in [0.29, 0.717) is 24.7 Å². The molecule has 0 atom stereocenters. The van der Waals surface area contributed by atoms with Crippen molar-refractivity contribution in [3.8, 4) is 11.5 Å². The van der Waals surface area contributed by atoms with Crippen LogP contribution in [0.4, 0.5) is 5.82 Å². The van der Waals surface area contributed by atoms with Gasteiger partial charge < -0.3 is 19.5 Å². The maximum Gasteiger partial charge on any atom is 0.259 e. The Morgan fingerprint density at radius 2 is 2.19 bits per heavy atom. The van der Waals surface area contributed by atoms with Gasteiger partial charge in [0.2, 0.25) is 0 Å². The van der Waals surface area contributed by atoms with Gasteiger partial charge in [-0.1, -0.05) is 5.16 Å². The summed E-state index contributed by atoms with van der Waals surface area (Å²) in [5.74, 6) is 2.14. The molecule has 21 heavy (non-hydrogen) atoms. The third kappa shape index (κ3) is 3.37. The van der Waals surface area contributed by atoms with Gasteiger partial charge in [-0.25, -0.2) is 4.98 Å². The zero-order valence-corrected chi connectivity index (χ0v) is 12.1. The fourth-order valence-electron chi connectivity index (χ4n) is 2.26. The molecule has 0 saturated carbocycles. The first-order valence-corrected chi connectivity index (χ1v) is 7.10. The molecular weight excluding hydrogens is 270 g/mol. The Kier molecular flexibility index (Phi) is 4.42. The van der Waals surface area contributed by atoms with Gasteiger partial charge in [-0.05, 0) is 12.1 Å². The van der Waals surface area contributed by atoms with Crippen LogP contribution < -0.4 is 10.2 Å². The van der Waals surface area contributed by atoms with Crippen molar-refractivity contribution in [2.24, 2.45) is 0 Å². The average molecular weight is 289 g/mol. The molecule has 0 spiro atoms. The molecule has 0 bridgehead atoms. The highest BCUT2D eigenvalue weighted by atomic mass is 16.5. The van der Waals surface area contributed by atoms with E-state index < -0.39 is 0 Å². The van der Waals surface area contributed by atoms with Gasteiger partial charge in [-0.15, -0.1) is 0 Å². The van der Waals surface area contributed by atoms with Crippen LogP contribution in [0.1, 0.15) is 5.82 Å². The molecule has 0 aliphatic carbocycles. The van der Waals surface area contributed by atoms with Gasteiger partial charge in [0.05, 0.1) is 12.2 Å². The molecule has 0 amide bonds. The standard InChI is InChI=1S/C14H19N5O2/c1-20-9-4-12-17-14(21-18-12)11-2-3-13(16-10-11)19-7-5-15-6-8-19/h2-3,10,15H,4-9H2,1H3. The lowest BCUT2D eigenvalue weighted by Crippen LogP contribution is -2.43. The normalized spacial score (nSPS) is 15.4. The van der Waals surface area contributed by atoms with Crippen molar-refractivity contribution in [1.29, 1.82) is 0 Å². The molecular formula is C14H19N5O2. The molecule has 0 aromatic carbocycles. The second-order valence-electron chi connectivity index (χ2n) is 4.90. The first kappa shape index (κ1) is 14.0. The third-order valence-electron chi connectivity index (χ3n) is 3.43. The van der Waals surface area contributed by atoms with E-state index >= 15 is 0 Å². The Bertz CT molecular complexity index is 563. The molecule has 1 fully saturated rings. The minimum atomic E-state index is 0.500. The summed E-state index contributed by atoms with van der Waals surface area (Å²) in [4.78, 5) is 11.1. The molecule has 0 radical (unpaired) electrons. The first-order valence-electron chi connectivity index (χ1n) is 7.10. The summed E-state index contributed by atoms with van der Waals surface area (Å²) in [5.41, 5.74) is 0.838. The molecule has 1 aliphatic heterocycles. The topological polar surface area (TPSA) is 76.3 Å². The van der Waals surface area contributed by atoms with Gasteiger partial charge in [-0.3, -0.25) is 0 Å². The summed E-state index contributed by atoms with van der Waals surface area (Å²) in [7, 11) is 1.65. The maximum absolute atomic E-state index is 5.25. The minimum absolute atomic E-state index is 0.500. The lowest BCUT2D eigenvalue weighted by Gasteiger charge is -2.28. The smallest absolute Gasteiger partial charge is 0.259 e. The van der Waals surface area contributed by atoms with E-state index in [2.05, 4.69) is 25.3 Å². The van der Waals surface area contributed by atoms with Crippen LogP contribution in [-0.2, 0) is 11.2 Å². The summed E-state index contributed by atoms with van der Waals surface area (Å²) in [6.07, 6.45) is 2.43. The molecule has 1 saturated heterocycles. The van der Waals surface area contributed by atoms with Crippen LogP contribution in [-0.4, -0.2) is 55.0 Å². The number of piperazine rings is 1. The van der Waals surface area contributed by atoms with E-state index in [1.165, 1.54) is 0 Å². The van der Waals surface area contributed by atoms with Gasteiger partial charge >= 0.3 is 0 Å². The number of nitrogens with one attached hydrogen (secondary N) is 1. The molecule has 0 unspecified atom stereocenters. The van der Waals surface area contributed by atoms with Crippen LogP contribution in [0.3, 0.4) is 0 Å². The van der Waals surface area contributed by atoms with E-state index in [4.69, 9.17) is 9.26 Å². The lowest BCUT2D eigenvalue weighted by molar-refractivity contribution is 0.199. The summed E-state index contributed by atoms with van der Waals surface area (Å²) < 4.78 is 10.3. The van der Waals surface area contributed by atoms with Gasteiger partial charge in [0, 0.05) is 45.9 Å². The van der Waals surface area contributed by atoms with Crippen molar-refractivity contribution >= 4 is 5.82 Å². The van der Waals surface area contributed by atoms with E-state index in [9.17, 15) is 0 Å². The molecule has 112 valence electrons. The van der Waals surface area contributed by atoms with Crippen molar-refractivity contribution in [2.45, 2.75) is 6.42 Å². The number of anilines is 1. The SMILES string of the molecule is COCCc1noc(-c2ccc(N3CCNCC3)nc2)n1. The van der Waals surface area contributed by atoms with Crippen LogP contribution in [0, 0.1) is 0 Å². The fraction of sp³-hybridized carbons (Fsp3) is 0.500. The molecule has 3 heterocycles. The average Bonchev–Trinajstić information content (AvgIpc) is 3.03. The number of rotatable bonds is 5. The number of hydrogen-bond acceptors (Lipinski definition) is 7. The van der Waals surface area contributed by atoms with E-state index in [1.54, 1.807) is 13.3 Å². The van der Waals surface area contributed by atoms with Crippen molar-refractivity contribution < 1.29 is 9.26 Å². The second kappa shape index (κ2) is 6.64. The number of hydrogen-bond donors (Lipinski definition) is 1. The van der Waals surface area contributed by atoms with Crippen LogP contribution in [0.2, 0.25) is 0 Å². The van der Waals surface area contributed by atoms with Gasteiger partial charge in [0.1, 0.15) is 5.82 Å². The number of ether oxygens (including phenoxy) is 1. The summed E-state index contributed by atoms with van der Waals surface area (Å²) in [6, 6.07) is 3.97. The number of nitrogens with zero attached hydrogens (tertiary/aromatic N) is 4. The van der Waals surface area contributed by atoms with E-state index in [0.717, 1.165) is 37.6 Å². The Labute approximate surface area is 123 Å². The molecule has 7 nitrogen and oxygen atoms in total. The molecule has 1 aliphatic rings. The summed E-state index contributed by atoms with van der Waals surface area (Å²) in [6.45, 7) is 4.53. The largest absolute Gasteiger partial charge is 0.384 e. The van der Waals surface area contributed by atoms with Gasteiger partial charge in [0.15, 0.2) is 5.82 Å². The predicted molar refractivity (Wildman–Crippen MR) is 78.2 cm³/mol. The molecule has 7 heteroatoms. The molecule has 2 aromatic heterocycles. The lowest BCUT2D eigenvalue weighted by atomic mass is 10.2. The van der Waals surface area contributed by atoms with Crippen LogP contribution >= 0.6 is 0 Å². The number of pyridine rings is 1. The highest BCUT2D eigenvalue weighted by Gasteiger charge is 2.13. The van der Waals surface area contributed by atoms with Crippen molar-refractivity contribution in [3.63, 3.8) is 0 Å². The van der Waals surface area contributed by atoms with Gasteiger partial charge in [-0.2, -0.15) is 4.98 Å². The Balaban J connectivity index is 1.69. The van der Waals surface area contributed by atoms with Crippen molar-refractivity contribution in [1.82, 2.24) is 20.4 Å². The summed E-state index contributed by atoms with van der Waals surface area (Å²) >= 11 is 0. The monoisotopic (exact) mass is 289 g/mol. The van der Waals surface area contributed by atoms with Crippen LogP contribution in [0.5, 0.6) is 0 Å². The second-order valence-corrected chi connectivity index (χ2v) is 4.90. The summed E-state index contributed by atoms with van der Waals surface area (Å²) in [5, 5.41) is 7.26. The fourth-order valence-corrected chi connectivity index (χ4v) is 2.26. The van der Waals surface area contributed by atoms with E-state index in [-0.39, 0.29) is 0 Å². The Morgan fingerprint density at radius 1 is 1.33 bits per heavy atom. The zero-order valence-electron chi connectivity index (χ0n) is 12.1. The van der Waals surface area contributed by atoms with Crippen molar-refractivity contribution in [2.75, 3.05) is 44.8 Å². The molecule has 1 N–H and O–H groups in total. The van der Waals surface area contributed by atoms with Gasteiger partial charge in [0.25, 0.3) is 5.89 Å². The number of methoxy groups -OCH3 is 1. The minimum Gasteiger partial charge on any atom is -0.384 e. The third-order valence-corrected chi connectivity index (χ3v) is 3.43. The van der Waals surface area contributed by atoms with Crippen molar-refractivity contribution in [3.05, 3.63) is 24.2 Å². The predicted octanol–water partition coefficient (Wildman–Crippen LogP) is 0.730. The highest BCUT2D eigenvalue weighted by molar-refractivity contribution is 5.54. The Hall–Kier alpha value is -1.99. The zero-order chi connectivity index (χ0) is 14.5. The quantitative estimate of drug-likeness (QED) is 0.869. The number of aromatic nitrogens is 3.